The standard InChI is InChI=1S/C17H23N3OS/c1-18-9-11-19(12-10-18)17-14-6-4-8-20(14)16(21)13-5-2-3-7-15(13)22-17/h2-3,5,7,14,17H,4,6,8-12H2,1H3/t14-,17-/m0/s1. The molecule has 0 N–H and O–H groups in total. The van der Waals surface area contributed by atoms with E-state index in [2.05, 4.69) is 33.9 Å². The van der Waals surface area contributed by atoms with Gasteiger partial charge in [-0.3, -0.25) is 9.69 Å². The Morgan fingerprint density at radius 3 is 2.68 bits per heavy atom. The maximum absolute atomic E-state index is 12.9. The smallest absolute Gasteiger partial charge is 0.255 e. The number of carbonyl (C=O) groups is 1. The normalized spacial score (nSPS) is 30.0. The molecule has 4 rings (SSSR count). The highest BCUT2D eigenvalue weighted by Crippen LogP contribution is 2.40. The van der Waals surface area contributed by atoms with E-state index in [9.17, 15) is 4.79 Å². The Bertz CT molecular complexity index is 571. The number of likely N-dealkylation sites (N-methyl/N-ethyl adjacent to an activating group) is 1. The van der Waals surface area contributed by atoms with Crippen LogP contribution >= 0.6 is 11.8 Å². The largest absolute Gasteiger partial charge is 0.333 e. The molecular formula is C17H23N3OS. The first-order valence-electron chi connectivity index (χ1n) is 8.23. The highest BCUT2D eigenvalue weighted by atomic mass is 32.2. The number of amides is 1. The lowest BCUT2D eigenvalue weighted by Crippen LogP contribution is -2.54. The van der Waals surface area contributed by atoms with Crippen molar-refractivity contribution >= 4 is 17.7 Å². The van der Waals surface area contributed by atoms with E-state index in [1.165, 1.54) is 0 Å². The van der Waals surface area contributed by atoms with Gasteiger partial charge in [0.15, 0.2) is 0 Å². The summed E-state index contributed by atoms with van der Waals surface area (Å²) in [7, 11) is 2.19. The van der Waals surface area contributed by atoms with Crippen molar-refractivity contribution in [3.8, 4) is 0 Å². The lowest BCUT2D eigenvalue weighted by Gasteiger charge is -2.41. The number of benzene rings is 1. The first-order valence-corrected chi connectivity index (χ1v) is 9.11. The summed E-state index contributed by atoms with van der Waals surface area (Å²) in [4.78, 5) is 21.2. The number of hydrogen-bond acceptors (Lipinski definition) is 4. The molecule has 0 unspecified atom stereocenters. The lowest BCUT2D eigenvalue weighted by atomic mass is 10.1. The molecule has 0 bridgehead atoms. The molecular weight excluding hydrogens is 294 g/mol. The summed E-state index contributed by atoms with van der Waals surface area (Å²) in [5.74, 6) is 0.238. The molecule has 1 aromatic rings. The van der Waals surface area contributed by atoms with E-state index in [-0.39, 0.29) is 5.91 Å². The first-order chi connectivity index (χ1) is 10.7. The molecule has 0 aromatic heterocycles. The summed E-state index contributed by atoms with van der Waals surface area (Å²) >= 11 is 1.91. The molecule has 2 fully saturated rings. The fourth-order valence-electron chi connectivity index (χ4n) is 3.84. The molecule has 0 radical (unpaired) electrons. The van der Waals surface area contributed by atoms with Crippen LogP contribution in [0.5, 0.6) is 0 Å². The molecule has 1 aromatic carbocycles. The molecule has 22 heavy (non-hydrogen) atoms. The minimum Gasteiger partial charge on any atom is -0.333 e. The molecule has 0 aliphatic carbocycles. The van der Waals surface area contributed by atoms with Crippen molar-refractivity contribution in [2.45, 2.75) is 29.2 Å². The summed E-state index contributed by atoms with van der Waals surface area (Å²) < 4.78 is 0. The second-order valence-electron chi connectivity index (χ2n) is 6.55. The molecule has 3 aliphatic rings. The van der Waals surface area contributed by atoms with Crippen LogP contribution in [0.4, 0.5) is 0 Å². The summed E-state index contributed by atoms with van der Waals surface area (Å²) in [5.41, 5.74) is 0.899. The predicted octanol–water partition coefficient (Wildman–Crippen LogP) is 1.97. The van der Waals surface area contributed by atoms with Gasteiger partial charge in [-0.1, -0.05) is 12.1 Å². The third-order valence-electron chi connectivity index (χ3n) is 5.15. The van der Waals surface area contributed by atoms with E-state index in [0.717, 1.165) is 56.0 Å². The van der Waals surface area contributed by atoms with Crippen LogP contribution in [0.25, 0.3) is 0 Å². The van der Waals surface area contributed by atoms with E-state index in [0.29, 0.717) is 11.4 Å². The van der Waals surface area contributed by atoms with Gasteiger partial charge in [-0.2, -0.15) is 0 Å². The van der Waals surface area contributed by atoms with Crippen LogP contribution in [-0.2, 0) is 0 Å². The van der Waals surface area contributed by atoms with Gasteiger partial charge in [-0.05, 0) is 32.0 Å². The molecule has 5 heteroatoms. The number of rotatable bonds is 1. The van der Waals surface area contributed by atoms with Crippen LogP contribution in [-0.4, -0.2) is 71.8 Å². The van der Waals surface area contributed by atoms with Crippen LogP contribution in [0, 0.1) is 0 Å². The third-order valence-corrected chi connectivity index (χ3v) is 6.62. The van der Waals surface area contributed by atoms with Crippen molar-refractivity contribution in [1.29, 1.82) is 0 Å². The molecule has 3 heterocycles. The van der Waals surface area contributed by atoms with Crippen molar-refractivity contribution in [2.24, 2.45) is 0 Å². The number of fused-ring (bicyclic) bond motifs is 2. The molecule has 3 aliphatic heterocycles. The minimum atomic E-state index is 0.238. The number of carbonyl (C=O) groups excluding carboxylic acids is 1. The minimum absolute atomic E-state index is 0.238. The summed E-state index contributed by atoms with van der Waals surface area (Å²) in [6.07, 6.45) is 2.28. The Kier molecular flexibility index (Phi) is 3.88. The van der Waals surface area contributed by atoms with E-state index in [1.807, 2.05) is 23.9 Å². The Hall–Kier alpha value is -1.04. The molecule has 118 valence electrons. The van der Waals surface area contributed by atoms with Crippen molar-refractivity contribution in [2.75, 3.05) is 39.8 Å². The average molecular weight is 317 g/mol. The van der Waals surface area contributed by atoms with Gasteiger partial charge < -0.3 is 9.80 Å². The Labute approximate surface area is 136 Å². The van der Waals surface area contributed by atoms with Crippen molar-refractivity contribution in [1.82, 2.24) is 14.7 Å². The van der Waals surface area contributed by atoms with Crippen LogP contribution < -0.4 is 0 Å². The van der Waals surface area contributed by atoms with Gasteiger partial charge in [0.1, 0.15) is 0 Å². The predicted molar refractivity (Wildman–Crippen MR) is 89.2 cm³/mol. The maximum Gasteiger partial charge on any atom is 0.255 e. The van der Waals surface area contributed by atoms with Gasteiger partial charge >= 0.3 is 0 Å². The van der Waals surface area contributed by atoms with Crippen LogP contribution in [0.1, 0.15) is 23.2 Å². The van der Waals surface area contributed by atoms with E-state index >= 15 is 0 Å². The second kappa shape index (κ2) is 5.87. The maximum atomic E-state index is 12.9. The van der Waals surface area contributed by atoms with Gasteiger partial charge in [-0.15, -0.1) is 11.8 Å². The number of piperazine rings is 1. The average Bonchev–Trinajstić information content (AvgIpc) is 2.99. The quantitative estimate of drug-likeness (QED) is 0.791. The fourth-order valence-corrected chi connectivity index (χ4v) is 5.34. The molecule has 0 spiro atoms. The topological polar surface area (TPSA) is 26.8 Å². The third kappa shape index (κ3) is 2.45. The van der Waals surface area contributed by atoms with Crippen LogP contribution in [0.15, 0.2) is 29.2 Å². The van der Waals surface area contributed by atoms with Crippen LogP contribution in [0.3, 0.4) is 0 Å². The second-order valence-corrected chi connectivity index (χ2v) is 7.71. The Balaban J connectivity index is 1.67. The fraction of sp³-hybridized carbons (Fsp3) is 0.588. The number of thioether (sulfide) groups is 1. The van der Waals surface area contributed by atoms with Gasteiger partial charge in [0.2, 0.25) is 0 Å². The Morgan fingerprint density at radius 1 is 1.09 bits per heavy atom. The van der Waals surface area contributed by atoms with Crippen molar-refractivity contribution in [3.63, 3.8) is 0 Å². The molecule has 2 atom stereocenters. The number of hydrogen-bond donors (Lipinski definition) is 0. The van der Waals surface area contributed by atoms with Crippen LogP contribution in [0.2, 0.25) is 0 Å². The van der Waals surface area contributed by atoms with Crippen molar-refractivity contribution < 1.29 is 4.79 Å². The molecule has 4 nitrogen and oxygen atoms in total. The summed E-state index contributed by atoms with van der Waals surface area (Å²) in [5, 5.41) is 0.406. The Morgan fingerprint density at radius 2 is 1.86 bits per heavy atom. The lowest BCUT2D eigenvalue weighted by molar-refractivity contribution is 0.0637. The van der Waals surface area contributed by atoms with Gasteiger partial charge in [0.05, 0.1) is 17.0 Å². The SMILES string of the molecule is CN1CCN([C@H]2Sc3ccccc3C(=O)N3CCC[C@@H]23)CC1. The van der Waals surface area contributed by atoms with Crippen molar-refractivity contribution in [3.05, 3.63) is 29.8 Å². The zero-order chi connectivity index (χ0) is 15.1. The monoisotopic (exact) mass is 317 g/mol. The number of nitrogens with zero attached hydrogens (tertiary/aromatic N) is 3. The summed E-state index contributed by atoms with van der Waals surface area (Å²) in [6, 6.07) is 8.51. The van der Waals surface area contributed by atoms with Gasteiger partial charge in [0.25, 0.3) is 5.91 Å². The first kappa shape index (κ1) is 14.5. The highest BCUT2D eigenvalue weighted by Gasteiger charge is 2.42. The van der Waals surface area contributed by atoms with Gasteiger partial charge in [-0.25, -0.2) is 0 Å². The zero-order valence-electron chi connectivity index (χ0n) is 13.1. The van der Waals surface area contributed by atoms with E-state index in [1.54, 1.807) is 0 Å². The zero-order valence-corrected chi connectivity index (χ0v) is 13.9. The molecule has 0 saturated carbocycles. The molecule has 1 amide bonds. The van der Waals surface area contributed by atoms with E-state index < -0.39 is 0 Å². The van der Waals surface area contributed by atoms with Gasteiger partial charge in [0, 0.05) is 37.6 Å². The highest BCUT2D eigenvalue weighted by molar-refractivity contribution is 8.00. The van der Waals surface area contributed by atoms with E-state index in [4.69, 9.17) is 0 Å². The summed E-state index contributed by atoms with van der Waals surface area (Å²) in [6.45, 7) is 5.38. The molecule has 2 saturated heterocycles.